The van der Waals surface area contributed by atoms with E-state index in [9.17, 15) is 34.5 Å². The Morgan fingerprint density at radius 2 is 1.08 bits per heavy atom. The smallest absolute Gasteiger partial charge is 0.317 e. The summed E-state index contributed by atoms with van der Waals surface area (Å²) in [5, 5.41) is 31.8. The van der Waals surface area contributed by atoms with Gasteiger partial charge in [-0.25, -0.2) is 0 Å². The quantitative estimate of drug-likeness (QED) is 0.333. The van der Waals surface area contributed by atoms with Crippen LogP contribution in [0.5, 0.6) is 0 Å². The summed E-state index contributed by atoms with van der Waals surface area (Å²) in [6.07, 6.45) is 1.65. The number of fused-ring (bicyclic) bond motifs is 1. The fourth-order valence-electron chi connectivity index (χ4n) is 4.38. The summed E-state index contributed by atoms with van der Waals surface area (Å²) in [5.41, 5.74) is 1.25. The minimum atomic E-state index is -1.01. The van der Waals surface area contributed by atoms with Gasteiger partial charge in [0.05, 0.1) is 37.4 Å². The number of carboxylic acids is 3. The average Bonchev–Trinajstić information content (AvgIpc) is 2.85. The summed E-state index contributed by atoms with van der Waals surface area (Å²) in [6, 6.07) is 9.23. The van der Waals surface area contributed by atoms with E-state index in [-0.39, 0.29) is 32.1 Å². The molecule has 1 fully saturated rings. The summed E-state index contributed by atoms with van der Waals surface area (Å²) >= 11 is 0. The Bertz CT molecular complexity index is 1090. The number of carboxylic acid groups (broad SMARTS) is 3. The third-order valence-corrected chi connectivity index (χ3v) is 6.28. The Morgan fingerprint density at radius 1 is 0.658 bits per heavy atom. The van der Waals surface area contributed by atoms with E-state index in [0.717, 1.165) is 5.39 Å². The van der Waals surface area contributed by atoms with Gasteiger partial charge in [0.25, 0.3) is 0 Å². The lowest BCUT2D eigenvalue weighted by atomic mass is 10.2. The first-order chi connectivity index (χ1) is 18.2. The second-order valence-electron chi connectivity index (χ2n) is 9.21. The van der Waals surface area contributed by atoms with Gasteiger partial charge in [0, 0.05) is 63.9 Å². The minimum Gasteiger partial charge on any atom is -0.480 e. The Kier molecular flexibility index (Phi) is 10.9. The molecule has 0 aliphatic carbocycles. The molecule has 206 valence electrons. The summed E-state index contributed by atoms with van der Waals surface area (Å²) in [5.74, 6) is -3.27. The predicted octanol–water partition coefficient (Wildman–Crippen LogP) is -0.351. The van der Waals surface area contributed by atoms with Gasteiger partial charge in [-0.15, -0.1) is 0 Å². The Labute approximate surface area is 220 Å². The molecule has 13 nitrogen and oxygen atoms in total. The van der Waals surface area contributed by atoms with E-state index in [2.05, 4.69) is 10.3 Å². The topological polar surface area (TPSA) is 167 Å². The summed E-state index contributed by atoms with van der Waals surface area (Å²) in [7, 11) is 0. The van der Waals surface area contributed by atoms with Crippen molar-refractivity contribution in [3.8, 4) is 0 Å². The van der Waals surface area contributed by atoms with Crippen LogP contribution < -0.4 is 5.32 Å². The maximum atomic E-state index is 13.0. The van der Waals surface area contributed by atoms with Gasteiger partial charge in [0.2, 0.25) is 5.91 Å². The molecular weight excluding hydrogens is 496 g/mol. The zero-order valence-corrected chi connectivity index (χ0v) is 21.2. The molecule has 2 aromatic rings. The molecule has 1 aromatic carbocycles. The van der Waals surface area contributed by atoms with Crippen LogP contribution in [0.25, 0.3) is 10.9 Å². The van der Waals surface area contributed by atoms with Crippen molar-refractivity contribution in [1.82, 2.24) is 24.6 Å². The molecule has 38 heavy (non-hydrogen) atoms. The van der Waals surface area contributed by atoms with Gasteiger partial charge in [-0.2, -0.15) is 0 Å². The van der Waals surface area contributed by atoms with Crippen LogP contribution in [-0.4, -0.2) is 142 Å². The lowest BCUT2D eigenvalue weighted by Crippen LogP contribution is -2.49. The van der Waals surface area contributed by atoms with E-state index >= 15 is 0 Å². The molecule has 1 aromatic heterocycles. The zero-order valence-electron chi connectivity index (χ0n) is 21.2. The Hall–Kier alpha value is -3.65. The molecule has 2 heterocycles. The highest BCUT2D eigenvalue weighted by molar-refractivity contribution is 6.00. The number of pyridine rings is 1. The molecule has 4 N–H and O–H groups in total. The van der Waals surface area contributed by atoms with Gasteiger partial charge in [0.15, 0.2) is 0 Å². The second kappa shape index (κ2) is 14.3. The van der Waals surface area contributed by atoms with Gasteiger partial charge in [-0.05, 0) is 12.1 Å². The summed E-state index contributed by atoms with van der Waals surface area (Å²) in [4.78, 5) is 58.5. The predicted molar refractivity (Wildman–Crippen MR) is 139 cm³/mol. The molecule has 0 unspecified atom stereocenters. The molecule has 13 heteroatoms. The third-order valence-electron chi connectivity index (χ3n) is 6.28. The number of amides is 1. The minimum absolute atomic E-state index is 0.0240. The van der Waals surface area contributed by atoms with Crippen LogP contribution in [0.4, 0.5) is 5.69 Å². The fraction of sp³-hybridized carbons (Fsp3) is 0.480. The first-order valence-electron chi connectivity index (χ1n) is 12.4. The lowest BCUT2D eigenvalue weighted by Gasteiger charge is -2.32. The molecular formula is C25H34N6O7. The monoisotopic (exact) mass is 530 g/mol. The average molecular weight is 531 g/mol. The number of aliphatic carboxylic acids is 3. The van der Waals surface area contributed by atoms with E-state index in [4.69, 9.17) is 0 Å². The van der Waals surface area contributed by atoms with Crippen LogP contribution in [0, 0.1) is 0 Å². The number of anilines is 1. The molecule has 0 radical (unpaired) electrons. The normalized spacial score (nSPS) is 17.4. The van der Waals surface area contributed by atoms with E-state index in [1.165, 1.54) is 0 Å². The van der Waals surface area contributed by atoms with Crippen molar-refractivity contribution in [1.29, 1.82) is 0 Å². The Morgan fingerprint density at radius 3 is 1.53 bits per heavy atom. The number of aromatic nitrogens is 1. The number of carbonyl (C=O) groups excluding carboxylic acids is 1. The van der Waals surface area contributed by atoms with Crippen molar-refractivity contribution in [3.05, 3.63) is 36.5 Å². The highest BCUT2D eigenvalue weighted by Crippen LogP contribution is 2.20. The summed E-state index contributed by atoms with van der Waals surface area (Å²) < 4.78 is 0. The van der Waals surface area contributed by atoms with Crippen LogP contribution in [0.15, 0.2) is 36.5 Å². The van der Waals surface area contributed by atoms with E-state index in [0.29, 0.717) is 63.6 Å². The SMILES string of the molecule is O=C(O)CN1CCN(CC(=O)O)CCN(CC(=O)Nc2cccc3cccnc23)CCN(CC(=O)O)CC1. The maximum absolute atomic E-state index is 13.0. The number of hydrogen-bond acceptors (Lipinski definition) is 9. The Balaban J connectivity index is 1.73. The van der Waals surface area contributed by atoms with Gasteiger partial charge in [-0.1, -0.05) is 18.2 Å². The number of para-hydroxylation sites is 1. The first-order valence-corrected chi connectivity index (χ1v) is 12.4. The largest absolute Gasteiger partial charge is 0.480 e. The van der Waals surface area contributed by atoms with Crippen molar-refractivity contribution in [2.24, 2.45) is 0 Å². The van der Waals surface area contributed by atoms with Crippen LogP contribution in [0.2, 0.25) is 0 Å². The molecule has 1 amide bonds. The van der Waals surface area contributed by atoms with Crippen molar-refractivity contribution < 1.29 is 34.5 Å². The highest BCUT2D eigenvalue weighted by Gasteiger charge is 2.21. The molecule has 1 aliphatic rings. The van der Waals surface area contributed by atoms with Crippen LogP contribution in [0.3, 0.4) is 0 Å². The maximum Gasteiger partial charge on any atom is 0.317 e. The molecule has 1 aliphatic heterocycles. The molecule has 0 bridgehead atoms. The van der Waals surface area contributed by atoms with Gasteiger partial charge < -0.3 is 20.6 Å². The van der Waals surface area contributed by atoms with Gasteiger partial charge in [0.1, 0.15) is 0 Å². The van der Waals surface area contributed by atoms with E-state index in [1.54, 1.807) is 27.0 Å². The first kappa shape index (κ1) is 28.9. The number of carbonyl (C=O) groups is 4. The van der Waals surface area contributed by atoms with Crippen molar-refractivity contribution in [3.63, 3.8) is 0 Å². The second-order valence-corrected chi connectivity index (χ2v) is 9.21. The molecule has 0 saturated carbocycles. The standard InChI is InChI=1S/C25H34N6O7/c32-21(27-20-5-1-3-19-4-2-6-26-25(19)20)15-28-7-9-29(16-22(33)34)11-13-31(18-24(37)38)14-12-30(10-8-28)17-23(35)36/h1-6H,7-18H2,(H,27,32)(H,33,34)(H,35,36)(H,37,38). The molecule has 0 atom stereocenters. The molecule has 1 saturated heterocycles. The number of hydrogen-bond donors (Lipinski definition) is 4. The van der Waals surface area contributed by atoms with Crippen molar-refractivity contribution >= 4 is 40.4 Å². The van der Waals surface area contributed by atoms with Crippen molar-refractivity contribution in [2.75, 3.05) is 83.9 Å². The van der Waals surface area contributed by atoms with Crippen LogP contribution in [0.1, 0.15) is 0 Å². The molecule has 3 rings (SSSR count). The highest BCUT2D eigenvalue weighted by atomic mass is 16.4. The lowest BCUT2D eigenvalue weighted by molar-refractivity contribution is -0.140. The van der Waals surface area contributed by atoms with Gasteiger partial charge >= 0.3 is 17.9 Å². The fourth-order valence-corrected chi connectivity index (χ4v) is 4.38. The molecule has 0 spiro atoms. The third kappa shape index (κ3) is 9.67. The number of benzene rings is 1. The number of nitrogens with zero attached hydrogens (tertiary/aromatic N) is 5. The zero-order chi connectivity index (χ0) is 27.5. The number of rotatable bonds is 9. The summed E-state index contributed by atoms with van der Waals surface area (Å²) in [6.45, 7) is 2.06. The van der Waals surface area contributed by atoms with Crippen LogP contribution in [-0.2, 0) is 19.2 Å². The van der Waals surface area contributed by atoms with Crippen LogP contribution >= 0.6 is 0 Å². The number of nitrogens with one attached hydrogen (secondary N) is 1. The van der Waals surface area contributed by atoms with E-state index < -0.39 is 17.9 Å². The van der Waals surface area contributed by atoms with Gasteiger partial charge in [-0.3, -0.25) is 43.8 Å². The van der Waals surface area contributed by atoms with E-state index in [1.807, 2.05) is 29.2 Å². The van der Waals surface area contributed by atoms with Crippen molar-refractivity contribution in [2.45, 2.75) is 0 Å².